The lowest BCUT2D eigenvalue weighted by Crippen LogP contribution is -2.30. The molecule has 0 saturated carbocycles. The zero-order valence-corrected chi connectivity index (χ0v) is 14.4. The zero-order valence-electron chi connectivity index (χ0n) is 13.6. The number of hydrogen-bond acceptors (Lipinski definition) is 5. The van der Waals surface area contributed by atoms with Crippen molar-refractivity contribution in [2.45, 2.75) is 13.0 Å². The lowest BCUT2D eigenvalue weighted by molar-refractivity contribution is -0.123. The van der Waals surface area contributed by atoms with Crippen LogP contribution in [0.3, 0.4) is 0 Å². The number of esters is 1. The van der Waals surface area contributed by atoms with E-state index in [9.17, 15) is 14.4 Å². The predicted molar refractivity (Wildman–Crippen MR) is 93.3 cm³/mol. The fourth-order valence-electron chi connectivity index (χ4n) is 1.99. The number of ether oxygens (including phenoxy) is 2. The second-order valence-electron chi connectivity index (χ2n) is 5.12. The number of benzene rings is 2. The molecule has 0 unspecified atom stereocenters. The summed E-state index contributed by atoms with van der Waals surface area (Å²) in [6.45, 7) is 1.45. The van der Waals surface area contributed by atoms with Gasteiger partial charge in [0.1, 0.15) is 12.0 Å². The van der Waals surface area contributed by atoms with Crippen LogP contribution >= 0.6 is 11.6 Å². The molecule has 0 aliphatic carbocycles. The van der Waals surface area contributed by atoms with Crippen LogP contribution in [0.15, 0.2) is 42.5 Å². The third kappa shape index (κ3) is 4.81. The fraction of sp³-hybridized carbons (Fsp3) is 0.167. The molecule has 2 aromatic rings. The highest BCUT2D eigenvalue weighted by Crippen LogP contribution is 2.27. The molecule has 0 aliphatic rings. The normalized spacial score (nSPS) is 11.3. The summed E-state index contributed by atoms with van der Waals surface area (Å²) in [5.41, 5.74) is 1.05. The summed E-state index contributed by atoms with van der Waals surface area (Å²) < 4.78 is 10.3. The number of halogens is 1. The van der Waals surface area contributed by atoms with Crippen molar-refractivity contribution in [3.63, 3.8) is 0 Å². The Balaban J connectivity index is 2.03. The molecule has 0 aliphatic heterocycles. The second-order valence-corrected chi connectivity index (χ2v) is 5.56. The van der Waals surface area contributed by atoms with Crippen LogP contribution in [-0.4, -0.2) is 31.4 Å². The Morgan fingerprint density at radius 1 is 1.16 bits per heavy atom. The standard InChI is InChI=1S/C18H16ClNO5/c1-11(25-18(23)13-5-3-12(10-21)4-6-13)17(22)20-15-9-14(19)7-8-16(15)24-2/h3-11H,1-2H3,(H,20,22)/t11-/m1/s1. The first kappa shape index (κ1) is 18.5. The number of carbonyl (C=O) groups excluding carboxylic acids is 3. The van der Waals surface area contributed by atoms with Crippen molar-refractivity contribution in [3.05, 3.63) is 58.6 Å². The lowest BCUT2D eigenvalue weighted by Gasteiger charge is -2.15. The van der Waals surface area contributed by atoms with Gasteiger partial charge in [-0.25, -0.2) is 4.79 Å². The van der Waals surface area contributed by atoms with Gasteiger partial charge in [-0.3, -0.25) is 9.59 Å². The first-order chi connectivity index (χ1) is 11.9. The smallest absolute Gasteiger partial charge is 0.338 e. The van der Waals surface area contributed by atoms with Gasteiger partial charge in [0.05, 0.1) is 18.4 Å². The van der Waals surface area contributed by atoms with Crippen molar-refractivity contribution in [3.8, 4) is 5.75 Å². The molecule has 2 aromatic carbocycles. The SMILES string of the molecule is COc1ccc(Cl)cc1NC(=O)[C@@H](C)OC(=O)c1ccc(C=O)cc1. The molecule has 0 bridgehead atoms. The molecule has 0 fully saturated rings. The Labute approximate surface area is 149 Å². The highest BCUT2D eigenvalue weighted by molar-refractivity contribution is 6.31. The predicted octanol–water partition coefficient (Wildman–Crippen LogP) is 3.35. The van der Waals surface area contributed by atoms with E-state index < -0.39 is 18.0 Å². The van der Waals surface area contributed by atoms with E-state index in [0.717, 1.165) is 0 Å². The molecule has 1 amide bonds. The maximum Gasteiger partial charge on any atom is 0.338 e. The Morgan fingerprint density at radius 3 is 2.44 bits per heavy atom. The number of amides is 1. The van der Waals surface area contributed by atoms with Crippen molar-refractivity contribution in [1.82, 2.24) is 0 Å². The van der Waals surface area contributed by atoms with E-state index in [1.807, 2.05) is 0 Å². The van der Waals surface area contributed by atoms with Crippen molar-refractivity contribution >= 4 is 35.5 Å². The molecule has 1 N–H and O–H groups in total. The number of carbonyl (C=O) groups is 3. The molecule has 0 heterocycles. The minimum atomic E-state index is -1.04. The molecular weight excluding hydrogens is 346 g/mol. The van der Waals surface area contributed by atoms with E-state index in [0.29, 0.717) is 28.3 Å². The summed E-state index contributed by atoms with van der Waals surface area (Å²) >= 11 is 5.91. The van der Waals surface area contributed by atoms with Crippen LogP contribution in [0.5, 0.6) is 5.75 Å². The van der Waals surface area contributed by atoms with Gasteiger partial charge in [0.15, 0.2) is 6.10 Å². The topological polar surface area (TPSA) is 81.7 Å². The summed E-state index contributed by atoms with van der Waals surface area (Å²) in [7, 11) is 1.46. The quantitative estimate of drug-likeness (QED) is 0.630. The average Bonchev–Trinajstić information content (AvgIpc) is 2.61. The van der Waals surface area contributed by atoms with Gasteiger partial charge in [-0.2, -0.15) is 0 Å². The summed E-state index contributed by atoms with van der Waals surface area (Å²) in [6.07, 6.45) is -0.370. The van der Waals surface area contributed by atoms with Crippen LogP contribution in [0.4, 0.5) is 5.69 Å². The van der Waals surface area contributed by atoms with Crippen molar-refractivity contribution in [1.29, 1.82) is 0 Å². The molecular formula is C18H16ClNO5. The Hall–Kier alpha value is -2.86. The van der Waals surface area contributed by atoms with Crippen molar-refractivity contribution in [2.24, 2.45) is 0 Å². The fourth-order valence-corrected chi connectivity index (χ4v) is 2.16. The van der Waals surface area contributed by atoms with E-state index >= 15 is 0 Å². The van der Waals surface area contributed by atoms with Crippen LogP contribution in [0, 0.1) is 0 Å². The van der Waals surface area contributed by atoms with E-state index in [1.165, 1.54) is 44.4 Å². The molecule has 0 spiro atoms. The molecule has 7 heteroatoms. The van der Waals surface area contributed by atoms with Gasteiger partial charge >= 0.3 is 5.97 Å². The van der Waals surface area contributed by atoms with E-state index in [4.69, 9.17) is 21.1 Å². The maximum atomic E-state index is 12.2. The van der Waals surface area contributed by atoms with E-state index in [-0.39, 0.29) is 5.56 Å². The first-order valence-electron chi connectivity index (χ1n) is 7.35. The molecule has 1 atom stereocenters. The van der Waals surface area contributed by atoms with Crippen LogP contribution in [0.1, 0.15) is 27.6 Å². The second kappa shape index (κ2) is 8.30. The minimum absolute atomic E-state index is 0.241. The number of methoxy groups -OCH3 is 1. The minimum Gasteiger partial charge on any atom is -0.495 e. The van der Waals surface area contributed by atoms with Crippen LogP contribution < -0.4 is 10.1 Å². The molecule has 6 nitrogen and oxygen atoms in total. The largest absolute Gasteiger partial charge is 0.495 e. The van der Waals surface area contributed by atoms with Gasteiger partial charge < -0.3 is 14.8 Å². The maximum absolute atomic E-state index is 12.2. The molecule has 25 heavy (non-hydrogen) atoms. The van der Waals surface area contributed by atoms with Crippen molar-refractivity contribution in [2.75, 3.05) is 12.4 Å². The van der Waals surface area contributed by atoms with Gasteiger partial charge in [-0.1, -0.05) is 23.7 Å². The summed E-state index contributed by atoms with van der Waals surface area (Å²) in [6, 6.07) is 10.7. The third-order valence-corrected chi connectivity index (χ3v) is 3.59. The summed E-state index contributed by atoms with van der Waals surface area (Å²) in [5.74, 6) is -0.766. The van der Waals surface area contributed by atoms with Gasteiger partial charge in [0, 0.05) is 10.6 Å². The van der Waals surface area contributed by atoms with Gasteiger partial charge in [0.2, 0.25) is 0 Å². The van der Waals surface area contributed by atoms with Crippen LogP contribution in [0.25, 0.3) is 0 Å². The van der Waals surface area contributed by atoms with Crippen LogP contribution in [-0.2, 0) is 9.53 Å². The molecule has 0 radical (unpaired) electrons. The summed E-state index contributed by atoms with van der Waals surface area (Å²) in [4.78, 5) is 34.9. The van der Waals surface area contributed by atoms with Gasteiger partial charge in [-0.05, 0) is 37.3 Å². The van der Waals surface area contributed by atoms with Gasteiger partial charge in [0.25, 0.3) is 5.91 Å². The number of nitrogens with one attached hydrogen (secondary N) is 1. The summed E-state index contributed by atoms with van der Waals surface area (Å²) in [5, 5.41) is 3.03. The Kier molecular flexibility index (Phi) is 6.14. The molecule has 0 saturated heterocycles. The highest BCUT2D eigenvalue weighted by atomic mass is 35.5. The molecule has 130 valence electrons. The zero-order chi connectivity index (χ0) is 18.4. The highest BCUT2D eigenvalue weighted by Gasteiger charge is 2.20. The number of aldehydes is 1. The first-order valence-corrected chi connectivity index (χ1v) is 7.73. The Morgan fingerprint density at radius 2 is 1.84 bits per heavy atom. The Bertz CT molecular complexity index is 789. The van der Waals surface area contributed by atoms with E-state index in [2.05, 4.69) is 5.32 Å². The number of anilines is 1. The van der Waals surface area contributed by atoms with Gasteiger partial charge in [-0.15, -0.1) is 0 Å². The molecule has 0 aromatic heterocycles. The van der Waals surface area contributed by atoms with E-state index in [1.54, 1.807) is 12.1 Å². The lowest BCUT2D eigenvalue weighted by atomic mass is 10.1. The third-order valence-electron chi connectivity index (χ3n) is 3.35. The van der Waals surface area contributed by atoms with Crippen LogP contribution in [0.2, 0.25) is 5.02 Å². The number of hydrogen-bond donors (Lipinski definition) is 1. The monoisotopic (exact) mass is 361 g/mol. The molecule has 2 rings (SSSR count). The number of rotatable bonds is 6. The average molecular weight is 362 g/mol. The van der Waals surface area contributed by atoms with Crippen molar-refractivity contribution < 1.29 is 23.9 Å².